The standard InChI is InChI=1S/C30H46Cl2GeO2/c1-19-15-21(27(3,4)5)25(22(16-19)28(6,7)8)34-33(31,32)35-26-23(29(9,10)11)17-20(2)18-24(26)30(12,13)14/h15-18H,1-14H3. The molecule has 0 saturated heterocycles. The van der Waals surface area contributed by atoms with Gasteiger partial charge in [0.2, 0.25) is 0 Å². The van der Waals surface area contributed by atoms with Crippen LogP contribution in [0.5, 0.6) is 11.5 Å². The molecule has 5 heteroatoms. The van der Waals surface area contributed by atoms with Crippen molar-refractivity contribution < 1.29 is 7.53 Å². The summed E-state index contributed by atoms with van der Waals surface area (Å²) in [4.78, 5) is 0. The zero-order chi connectivity index (χ0) is 27.4. The van der Waals surface area contributed by atoms with E-state index in [0.717, 1.165) is 33.8 Å². The first-order valence-corrected chi connectivity index (χ1v) is 19.7. The number of halogens is 2. The first kappa shape index (κ1) is 30.4. The third-order valence-corrected chi connectivity index (χ3v) is 9.60. The molecule has 0 bridgehead atoms. The molecule has 0 saturated carbocycles. The molecule has 0 amide bonds. The van der Waals surface area contributed by atoms with Gasteiger partial charge in [0.1, 0.15) is 0 Å². The Hall–Kier alpha value is -0.837. The Labute approximate surface area is 226 Å². The average Bonchev–Trinajstić information content (AvgIpc) is 2.60. The molecule has 2 nitrogen and oxygen atoms in total. The van der Waals surface area contributed by atoms with Crippen LogP contribution in [0, 0.1) is 13.8 Å². The van der Waals surface area contributed by atoms with Gasteiger partial charge >= 0.3 is 227 Å². The fourth-order valence-electron chi connectivity index (χ4n) is 4.25. The molecule has 0 spiro atoms. The Balaban J connectivity index is 2.75. The maximum absolute atomic E-state index is 7.08. The van der Waals surface area contributed by atoms with E-state index in [-0.39, 0.29) is 21.7 Å². The molecule has 0 atom stereocenters. The molecule has 0 aromatic heterocycles. The van der Waals surface area contributed by atoms with E-state index in [2.05, 4.69) is 121 Å². The van der Waals surface area contributed by atoms with Gasteiger partial charge in [-0.3, -0.25) is 0 Å². The number of benzene rings is 2. The Morgan fingerprint density at radius 3 is 0.857 bits per heavy atom. The predicted molar refractivity (Wildman–Crippen MR) is 156 cm³/mol. The second-order valence-corrected chi connectivity index (χ2v) is 23.0. The number of hydrogen-bond donors (Lipinski definition) is 0. The molecule has 2 rings (SSSR count). The summed E-state index contributed by atoms with van der Waals surface area (Å²) < 4.78 is 13.3. The number of hydrogen-bond acceptors (Lipinski definition) is 2. The fourth-order valence-corrected chi connectivity index (χ4v) is 7.86. The topological polar surface area (TPSA) is 18.5 Å². The third kappa shape index (κ3) is 7.58. The van der Waals surface area contributed by atoms with Crippen molar-refractivity contribution in [1.82, 2.24) is 0 Å². The van der Waals surface area contributed by atoms with Crippen molar-refractivity contribution >= 4 is 32.1 Å². The molecule has 0 unspecified atom stereocenters. The van der Waals surface area contributed by atoms with Crippen LogP contribution in [0.1, 0.15) is 116 Å². The molecule has 35 heavy (non-hydrogen) atoms. The SMILES string of the molecule is Cc1cc(C(C)(C)C)c([O][Ge]([Cl])([Cl])[O]c2c(C(C)(C)C)cc(C)cc2C(C)(C)C)c(C(C)(C)C)c1. The quantitative estimate of drug-likeness (QED) is 0.334. The van der Waals surface area contributed by atoms with Gasteiger partial charge in [0.05, 0.1) is 0 Å². The van der Waals surface area contributed by atoms with Crippen molar-refractivity contribution in [1.29, 1.82) is 0 Å². The zero-order valence-electron chi connectivity index (χ0n) is 24.4. The molecule has 0 fully saturated rings. The molecule has 0 N–H and O–H groups in total. The van der Waals surface area contributed by atoms with Crippen LogP contribution in [0.2, 0.25) is 0 Å². The van der Waals surface area contributed by atoms with Gasteiger partial charge in [-0.25, -0.2) is 0 Å². The van der Waals surface area contributed by atoms with E-state index >= 15 is 0 Å². The molecule has 0 aliphatic rings. The molecule has 196 valence electrons. The fraction of sp³-hybridized carbons (Fsp3) is 0.600. The van der Waals surface area contributed by atoms with Crippen LogP contribution in [-0.2, 0) is 21.7 Å². The summed E-state index contributed by atoms with van der Waals surface area (Å²) in [6.45, 7) is 30.5. The Bertz CT molecular complexity index is 920. The summed E-state index contributed by atoms with van der Waals surface area (Å²) in [5.74, 6) is 1.53. The zero-order valence-corrected chi connectivity index (χ0v) is 28.0. The molecular formula is C30H46Cl2GeO2. The molecule has 2 aromatic rings. The van der Waals surface area contributed by atoms with Gasteiger partial charge in [-0.1, -0.05) is 0 Å². The summed E-state index contributed by atoms with van der Waals surface area (Å²) in [6.07, 6.45) is 0. The van der Waals surface area contributed by atoms with Crippen molar-refractivity contribution in [2.45, 2.75) is 119 Å². The molecule has 2 aromatic carbocycles. The third-order valence-electron chi connectivity index (χ3n) is 6.14. The van der Waals surface area contributed by atoms with E-state index < -0.39 is 12.1 Å². The summed E-state index contributed by atoms with van der Waals surface area (Å²) in [5, 5.41) is 0. The van der Waals surface area contributed by atoms with Crippen LogP contribution in [0.4, 0.5) is 0 Å². The van der Waals surface area contributed by atoms with Gasteiger partial charge in [-0.05, 0) is 0 Å². The van der Waals surface area contributed by atoms with Crippen molar-refractivity contribution in [2.75, 3.05) is 0 Å². The van der Waals surface area contributed by atoms with E-state index in [9.17, 15) is 0 Å². The van der Waals surface area contributed by atoms with Crippen LogP contribution in [0.3, 0.4) is 0 Å². The van der Waals surface area contributed by atoms with E-state index in [1.54, 1.807) is 0 Å². The van der Waals surface area contributed by atoms with Crippen LogP contribution in [0.25, 0.3) is 0 Å². The molecule has 0 radical (unpaired) electrons. The maximum atomic E-state index is 7.08. The van der Waals surface area contributed by atoms with Gasteiger partial charge in [0.15, 0.2) is 0 Å². The van der Waals surface area contributed by atoms with E-state index in [0.29, 0.717) is 0 Å². The van der Waals surface area contributed by atoms with Gasteiger partial charge in [-0.2, -0.15) is 0 Å². The monoisotopic (exact) mass is 582 g/mol. The molecular weight excluding hydrogens is 536 g/mol. The minimum atomic E-state index is -4.34. The van der Waals surface area contributed by atoms with Crippen molar-refractivity contribution in [3.8, 4) is 11.5 Å². The van der Waals surface area contributed by atoms with Crippen LogP contribution < -0.4 is 7.53 Å². The summed E-state index contributed by atoms with van der Waals surface area (Å²) in [6, 6.07) is 8.74. The van der Waals surface area contributed by atoms with Gasteiger partial charge in [0, 0.05) is 0 Å². The second-order valence-electron chi connectivity index (χ2n) is 14.0. The van der Waals surface area contributed by atoms with Gasteiger partial charge in [-0.15, -0.1) is 0 Å². The number of aryl methyl sites for hydroxylation is 2. The van der Waals surface area contributed by atoms with Gasteiger partial charge < -0.3 is 0 Å². The van der Waals surface area contributed by atoms with Gasteiger partial charge in [0.25, 0.3) is 0 Å². The summed E-state index contributed by atoms with van der Waals surface area (Å²) in [7, 11) is 14.2. The van der Waals surface area contributed by atoms with E-state index in [1.165, 1.54) is 11.1 Å². The Morgan fingerprint density at radius 1 is 0.486 bits per heavy atom. The number of rotatable bonds is 4. The van der Waals surface area contributed by atoms with Crippen molar-refractivity contribution in [3.63, 3.8) is 0 Å². The first-order chi connectivity index (χ1) is 15.4. The predicted octanol–water partition coefficient (Wildman–Crippen LogP) is 9.86. The summed E-state index contributed by atoms with van der Waals surface area (Å²) in [5.41, 5.74) is 6.18. The first-order valence-electron chi connectivity index (χ1n) is 12.5. The van der Waals surface area contributed by atoms with Crippen molar-refractivity contribution in [2.24, 2.45) is 0 Å². The minimum absolute atomic E-state index is 0.148. The van der Waals surface area contributed by atoms with Crippen molar-refractivity contribution in [3.05, 3.63) is 57.6 Å². The van der Waals surface area contributed by atoms with Crippen LogP contribution in [0.15, 0.2) is 24.3 Å². The van der Waals surface area contributed by atoms with E-state index in [1.807, 2.05) is 0 Å². The summed E-state index contributed by atoms with van der Waals surface area (Å²) >= 11 is -4.34. The van der Waals surface area contributed by atoms with E-state index in [4.69, 9.17) is 27.5 Å². The Morgan fingerprint density at radius 2 is 0.686 bits per heavy atom. The second kappa shape index (κ2) is 9.80. The normalized spacial score (nSPS) is 13.7. The molecule has 0 aliphatic carbocycles. The average molecular weight is 582 g/mol. The Kier molecular flexibility index (Phi) is 8.51. The van der Waals surface area contributed by atoms with Crippen LogP contribution >= 0.6 is 20.0 Å². The molecule has 0 aliphatic heterocycles. The van der Waals surface area contributed by atoms with Crippen LogP contribution in [-0.4, -0.2) is 12.1 Å². The molecule has 0 heterocycles.